The Kier molecular flexibility index (Phi) is 6.85. The van der Waals surface area contributed by atoms with Gasteiger partial charge in [-0.05, 0) is 31.7 Å². The van der Waals surface area contributed by atoms with Gasteiger partial charge < -0.3 is 9.30 Å². The van der Waals surface area contributed by atoms with Crippen molar-refractivity contribution >= 4 is 10.0 Å². The smallest absolute Gasteiger partial charge is 0.218 e. The van der Waals surface area contributed by atoms with E-state index in [9.17, 15) is 12.8 Å². The number of methoxy groups -OCH3 is 1. The largest absolute Gasteiger partial charge is 0.383 e. The lowest BCUT2D eigenvalue weighted by atomic mass is 9.96. The summed E-state index contributed by atoms with van der Waals surface area (Å²) in [6, 6.07) is 6.06. The fourth-order valence-corrected chi connectivity index (χ4v) is 5.42. The summed E-state index contributed by atoms with van der Waals surface area (Å²) in [4.78, 5) is 4.52. The van der Waals surface area contributed by atoms with Crippen molar-refractivity contribution in [1.82, 2.24) is 13.9 Å². The van der Waals surface area contributed by atoms with E-state index in [1.807, 2.05) is 13.1 Å². The van der Waals surface area contributed by atoms with Crippen LogP contribution in [-0.4, -0.2) is 49.1 Å². The molecule has 2 heterocycles. The summed E-state index contributed by atoms with van der Waals surface area (Å²) in [6.45, 7) is 4.30. The number of piperidine rings is 1. The molecule has 1 atom stereocenters. The summed E-state index contributed by atoms with van der Waals surface area (Å²) in [5.74, 6) is 0.393. The second kappa shape index (κ2) is 9.15. The highest BCUT2D eigenvalue weighted by molar-refractivity contribution is 7.88. The van der Waals surface area contributed by atoms with Gasteiger partial charge in [0.25, 0.3) is 0 Å². The second-order valence-corrected chi connectivity index (χ2v) is 9.35. The summed E-state index contributed by atoms with van der Waals surface area (Å²) in [5.41, 5.74) is 1.29. The summed E-state index contributed by atoms with van der Waals surface area (Å²) in [6.07, 6.45) is 4.34. The van der Waals surface area contributed by atoms with Gasteiger partial charge in [0, 0.05) is 50.6 Å². The molecule has 0 amide bonds. The molecule has 2 aromatic rings. The third-order valence-corrected chi connectivity index (χ3v) is 7.09. The Morgan fingerprint density at radius 2 is 2.11 bits per heavy atom. The lowest BCUT2D eigenvalue weighted by Crippen LogP contribution is -2.41. The Morgan fingerprint density at radius 1 is 1.32 bits per heavy atom. The predicted molar refractivity (Wildman–Crippen MR) is 106 cm³/mol. The van der Waals surface area contributed by atoms with Gasteiger partial charge in [-0.3, -0.25) is 0 Å². The molecule has 0 radical (unpaired) electrons. The molecule has 0 saturated carbocycles. The Hall–Kier alpha value is -1.77. The topological polar surface area (TPSA) is 64.4 Å². The first-order valence-electron chi connectivity index (χ1n) is 9.62. The van der Waals surface area contributed by atoms with Gasteiger partial charge in [0.2, 0.25) is 10.0 Å². The number of hydrogen-bond donors (Lipinski definition) is 0. The van der Waals surface area contributed by atoms with Crippen LogP contribution in [0.5, 0.6) is 0 Å². The molecule has 1 aromatic carbocycles. The molecule has 1 unspecified atom stereocenters. The first-order chi connectivity index (χ1) is 13.4. The number of ether oxygens (including phenoxy) is 1. The molecular weight excluding hydrogens is 381 g/mol. The van der Waals surface area contributed by atoms with Crippen molar-refractivity contribution in [1.29, 1.82) is 0 Å². The van der Waals surface area contributed by atoms with E-state index in [1.165, 1.54) is 16.4 Å². The maximum atomic E-state index is 13.9. The summed E-state index contributed by atoms with van der Waals surface area (Å²) in [7, 11) is -1.89. The molecule has 1 aromatic heterocycles. The molecule has 1 saturated heterocycles. The van der Waals surface area contributed by atoms with Gasteiger partial charge in [-0.25, -0.2) is 22.1 Å². The van der Waals surface area contributed by atoms with Gasteiger partial charge in [0.05, 0.1) is 12.4 Å². The molecule has 28 heavy (non-hydrogen) atoms. The van der Waals surface area contributed by atoms with E-state index in [0.29, 0.717) is 19.7 Å². The highest BCUT2D eigenvalue weighted by Gasteiger charge is 2.30. The van der Waals surface area contributed by atoms with E-state index in [2.05, 4.69) is 9.55 Å². The zero-order valence-corrected chi connectivity index (χ0v) is 17.3. The molecule has 1 aliphatic rings. The lowest BCUT2D eigenvalue weighted by molar-refractivity contribution is 0.184. The number of imidazole rings is 1. The lowest BCUT2D eigenvalue weighted by Gasteiger charge is -2.32. The van der Waals surface area contributed by atoms with Crippen LogP contribution in [0.1, 0.15) is 29.9 Å². The summed E-state index contributed by atoms with van der Waals surface area (Å²) in [5, 5.41) is 0. The molecule has 0 N–H and O–H groups in total. The monoisotopic (exact) mass is 409 g/mol. The number of aromatic nitrogens is 2. The van der Waals surface area contributed by atoms with Gasteiger partial charge in [-0.2, -0.15) is 0 Å². The van der Waals surface area contributed by atoms with Crippen molar-refractivity contribution in [2.45, 2.75) is 38.5 Å². The van der Waals surface area contributed by atoms with E-state index < -0.39 is 15.8 Å². The van der Waals surface area contributed by atoms with Crippen molar-refractivity contribution in [2.24, 2.45) is 5.92 Å². The summed E-state index contributed by atoms with van der Waals surface area (Å²) < 4.78 is 48.4. The number of halogens is 1. The van der Waals surface area contributed by atoms with Crippen molar-refractivity contribution < 1.29 is 17.5 Å². The highest BCUT2D eigenvalue weighted by Crippen LogP contribution is 2.25. The van der Waals surface area contributed by atoms with E-state index in [0.717, 1.165) is 37.3 Å². The number of benzene rings is 1. The minimum absolute atomic E-state index is 0.201. The van der Waals surface area contributed by atoms with Crippen LogP contribution in [0.2, 0.25) is 0 Å². The van der Waals surface area contributed by atoms with E-state index in [4.69, 9.17) is 4.74 Å². The maximum Gasteiger partial charge on any atom is 0.218 e. The normalized spacial score (nSPS) is 18.5. The predicted octanol–water partition coefficient (Wildman–Crippen LogP) is 2.76. The molecule has 1 fully saturated rings. The fraction of sp³-hybridized carbons (Fsp3) is 0.550. The van der Waals surface area contributed by atoms with Crippen LogP contribution in [0.25, 0.3) is 0 Å². The second-order valence-electron chi connectivity index (χ2n) is 7.38. The minimum Gasteiger partial charge on any atom is -0.383 e. The van der Waals surface area contributed by atoms with Gasteiger partial charge in [-0.15, -0.1) is 0 Å². The molecule has 0 bridgehead atoms. The quantitative estimate of drug-likeness (QED) is 0.673. The molecule has 6 nitrogen and oxygen atoms in total. The molecule has 0 spiro atoms. The zero-order chi connectivity index (χ0) is 20.1. The standard InChI is InChI=1S/C20H28FN3O3S/c1-16-13-22-20(24(16)10-11-27-2)12-17-6-5-9-23(14-17)28(25,26)15-18-7-3-4-8-19(18)21/h3-4,7-8,13,17H,5-6,9-12,14-15H2,1-2H3. The molecular formula is C20H28FN3O3S. The van der Waals surface area contributed by atoms with Gasteiger partial charge in [0.15, 0.2) is 0 Å². The van der Waals surface area contributed by atoms with Gasteiger partial charge >= 0.3 is 0 Å². The number of nitrogens with zero attached hydrogens (tertiary/aromatic N) is 3. The first-order valence-corrected chi connectivity index (χ1v) is 11.2. The zero-order valence-electron chi connectivity index (χ0n) is 16.5. The van der Waals surface area contributed by atoms with Crippen molar-refractivity contribution in [2.75, 3.05) is 26.8 Å². The number of rotatable bonds is 8. The van der Waals surface area contributed by atoms with Gasteiger partial charge in [0.1, 0.15) is 11.6 Å². The van der Waals surface area contributed by atoms with E-state index >= 15 is 0 Å². The first kappa shape index (κ1) is 21.0. The van der Waals surface area contributed by atoms with Crippen molar-refractivity contribution in [3.8, 4) is 0 Å². The van der Waals surface area contributed by atoms with Gasteiger partial charge in [-0.1, -0.05) is 18.2 Å². The van der Waals surface area contributed by atoms with E-state index in [-0.39, 0.29) is 17.2 Å². The minimum atomic E-state index is -3.56. The highest BCUT2D eigenvalue weighted by atomic mass is 32.2. The van der Waals surface area contributed by atoms with Crippen LogP contribution < -0.4 is 0 Å². The summed E-state index contributed by atoms with van der Waals surface area (Å²) >= 11 is 0. The number of sulfonamides is 1. The fourth-order valence-electron chi connectivity index (χ4n) is 3.77. The third kappa shape index (κ3) is 4.98. The van der Waals surface area contributed by atoms with Crippen LogP contribution in [-0.2, 0) is 33.5 Å². The van der Waals surface area contributed by atoms with Crippen molar-refractivity contribution in [3.05, 3.63) is 53.4 Å². The molecule has 3 rings (SSSR count). The Balaban J connectivity index is 1.68. The van der Waals surface area contributed by atoms with Crippen LogP contribution in [0.15, 0.2) is 30.5 Å². The third-order valence-electron chi connectivity index (χ3n) is 5.30. The Morgan fingerprint density at radius 3 is 2.86 bits per heavy atom. The average Bonchev–Trinajstić information content (AvgIpc) is 3.01. The molecule has 8 heteroatoms. The SMILES string of the molecule is COCCn1c(C)cnc1CC1CCCN(S(=O)(=O)Cc2ccccc2F)C1. The average molecular weight is 410 g/mol. The number of hydrogen-bond acceptors (Lipinski definition) is 4. The Bertz CT molecular complexity index is 898. The van der Waals surface area contributed by atoms with E-state index in [1.54, 1.807) is 19.2 Å². The van der Waals surface area contributed by atoms with Crippen LogP contribution in [0.4, 0.5) is 4.39 Å². The van der Waals surface area contributed by atoms with Crippen molar-refractivity contribution in [3.63, 3.8) is 0 Å². The molecule has 154 valence electrons. The maximum absolute atomic E-state index is 13.9. The number of aryl methyl sites for hydroxylation is 1. The molecule has 1 aliphatic heterocycles. The van der Waals surface area contributed by atoms with Crippen LogP contribution in [0, 0.1) is 18.7 Å². The molecule has 0 aliphatic carbocycles. The van der Waals surface area contributed by atoms with Crippen LogP contribution >= 0.6 is 0 Å². The van der Waals surface area contributed by atoms with Crippen LogP contribution in [0.3, 0.4) is 0 Å². The Labute approximate surface area is 166 Å².